The lowest BCUT2D eigenvalue weighted by Gasteiger charge is -2.03. The van der Waals surface area contributed by atoms with E-state index in [1.165, 1.54) is 12.1 Å². The summed E-state index contributed by atoms with van der Waals surface area (Å²) in [5, 5.41) is 20.7. The first kappa shape index (κ1) is 13.5. The number of nitro benzene ring substituents is 1. The molecule has 0 aliphatic heterocycles. The van der Waals surface area contributed by atoms with Gasteiger partial charge in [-0.25, -0.2) is 0 Å². The van der Waals surface area contributed by atoms with Gasteiger partial charge >= 0.3 is 6.01 Å². The van der Waals surface area contributed by atoms with Crippen molar-refractivity contribution in [2.24, 2.45) is 0 Å². The van der Waals surface area contributed by atoms with Crippen LogP contribution in [-0.4, -0.2) is 21.0 Å². The number of amides is 1. The molecule has 1 aliphatic carbocycles. The lowest BCUT2D eigenvalue weighted by molar-refractivity contribution is -0.384. The van der Waals surface area contributed by atoms with Crippen LogP contribution < -0.4 is 5.32 Å². The van der Waals surface area contributed by atoms with Crippen LogP contribution in [0.1, 0.15) is 35.0 Å². The molecule has 9 heteroatoms. The second-order valence-electron chi connectivity index (χ2n) is 4.60. The Morgan fingerprint density at radius 1 is 1.43 bits per heavy atom. The molecular formula is C12H9ClN4O4. The van der Waals surface area contributed by atoms with Crippen molar-refractivity contribution in [1.29, 1.82) is 0 Å². The van der Waals surface area contributed by atoms with Crippen molar-refractivity contribution < 1.29 is 14.1 Å². The fourth-order valence-corrected chi connectivity index (χ4v) is 1.95. The van der Waals surface area contributed by atoms with Gasteiger partial charge in [0.2, 0.25) is 5.89 Å². The maximum absolute atomic E-state index is 12.1. The van der Waals surface area contributed by atoms with E-state index in [2.05, 4.69) is 15.5 Å². The molecule has 1 amide bonds. The Morgan fingerprint density at radius 2 is 2.19 bits per heavy atom. The van der Waals surface area contributed by atoms with Crippen LogP contribution in [0, 0.1) is 10.1 Å². The fourth-order valence-electron chi connectivity index (χ4n) is 1.75. The Bertz CT molecular complexity index is 726. The van der Waals surface area contributed by atoms with E-state index in [0.29, 0.717) is 5.89 Å². The van der Waals surface area contributed by atoms with Crippen LogP contribution in [0.15, 0.2) is 22.6 Å². The molecule has 1 heterocycles. The minimum atomic E-state index is -0.644. The molecule has 0 bridgehead atoms. The molecule has 0 saturated heterocycles. The molecule has 1 N–H and O–H groups in total. The number of halogens is 1. The average Bonchev–Trinajstić information content (AvgIpc) is 3.20. The van der Waals surface area contributed by atoms with E-state index < -0.39 is 10.8 Å². The summed E-state index contributed by atoms with van der Waals surface area (Å²) in [4.78, 5) is 22.2. The normalized spacial score (nSPS) is 14.0. The van der Waals surface area contributed by atoms with Gasteiger partial charge in [0.1, 0.15) is 0 Å². The number of nitrogens with zero attached hydrogens (tertiary/aromatic N) is 3. The van der Waals surface area contributed by atoms with Gasteiger partial charge in [-0.15, -0.1) is 5.10 Å². The standard InChI is InChI=1S/C12H9ClN4O4/c13-9-4-3-7(17(19)20)5-8(9)10(18)14-12-16-15-11(21-12)6-1-2-6/h3-6H,1-2H2,(H,14,16,18). The average molecular weight is 309 g/mol. The topological polar surface area (TPSA) is 111 Å². The van der Waals surface area contributed by atoms with Crippen LogP contribution in [0.2, 0.25) is 5.02 Å². The summed E-state index contributed by atoms with van der Waals surface area (Å²) in [7, 11) is 0. The van der Waals surface area contributed by atoms with Gasteiger partial charge in [-0.2, -0.15) is 0 Å². The lowest BCUT2D eigenvalue weighted by Crippen LogP contribution is -2.13. The summed E-state index contributed by atoms with van der Waals surface area (Å²) in [6, 6.07) is 3.55. The van der Waals surface area contributed by atoms with Crippen LogP contribution in [-0.2, 0) is 0 Å². The van der Waals surface area contributed by atoms with E-state index in [9.17, 15) is 14.9 Å². The summed E-state index contributed by atoms with van der Waals surface area (Å²) in [5.41, 5.74) is -0.259. The molecule has 0 atom stereocenters. The van der Waals surface area contributed by atoms with Crippen LogP contribution in [0.3, 0.4) is 0 Å². The van der Waals surface area contributed by atoms with E-state index in [-0.39, 0.29) is 28.2 Å². The van der Waals surface area contributed by atoms with Gasteiger partial charge in [0, 0.05) is 18.1 Å². The highest BCUT2D eigenvalue weighted by atomic mass is 35.5. The zero-order chi connectivity index (χ0) is 15.0. The molecule has 1 saturated carbocycles. The number of aromatic nitrogens is 2. The molecule has 3 rings (SSSR count). The molecule has 8 nitrogen and oxygen atoms in total. The van der Waals surface area contributed by atoms with E-state index in [1.807, 2.05) is 0 Å². The van der Waals surface area contributed by atoms with Gasteiger partial charge in [-0.05, 0) is 18.9 Å². The second-order valence-corrected chi connectivity index (χ2v) is 5.00. The predicted octanol–water partition coefficient (Wildman–Crippen LogP) is 2.76. The molecule has 1 aromatic carbocycles. The summed E-state index contributed by atoms with van der Waals surface area (Å²) in [6.45, 7) is 0. The minimum Gasteiger partial charge on any atom is -0.408 e. The van der Waals surface area contributed by atoms with E-state index >= 15 is 0 Å². The quantitative estimate of drug-likeness (QED) is 0.686. The van der Waals surface area contributed by atoms with Gasteiger partial charge in [-0.1, -0.05) is 16.7 Å². The van der Waals surface area contributed by atoms with E-state index in [1.54, 1.807) is 0 Å². The van der Waals surface area contributed by atoms with Crippen molar-refractivity contribution in [3.05, 3.63) is 44.8 Å². The monoisotopic (exact) mass is 308 g/mol. The van der Waals surface area contributed by atoms with Crippen molar-refractivity contribution >= 4 is 29.2 Å². The summed E-state index contributed by atoms with van der Waals surface area (Å²) in [6.07, 6.45) is 1.98. The number of benzene rings is 1. The lowest BCUT2D eigenvalue weighted by atomic mass is 10.2. The zero-order valence-electron chi connectivity index (χ0n) is 10.6. The molecule has 21 heavy (non-hydrogen) atoms. The van der Waals surface area contributed by atoms with Crippen molar-refractivity contribution in [2.45, 2.75) is 18.8 Å². The van der Waals surface area contributed by atoms with Crippen molar-refractivity contribution in [3.8, 4) is 0 Å². The summed E-state index contributed by atoms with van der Waals surface area (Å²) < 4.78 is 5.29. The first-order valence-corrected chi connectivity index (χ1v) is 6.51. The molecule has 1 fully saturated rings. The highest BCUT2D eigenvalue weighted by Gasteiger charge is 2.29. The molecule has 108 valence electrons. The van der Waals surface area contributed by atoms with Crippen molar-refractivity contribution in [2.75, 3.05) is 5.32 Å². The Morgan fingerprint density at radius 3 is 2.86 bits per heavy atom. The maximum Gasteiger partial charge on any atom is 0.322 e. The Labute approximate surface area is 123 Å². The van der Waals surface area contributed by atoms with Crippen LogP contribution >= 0.6 is 11.6 Å². The fraction of sp³-hybridized carbons (Fsp3) is 0.250. The third-order valence-electron chi connectivity index (χ3n) is 2.99. The molecule has 0 spiro atoms. The van der Waals surface area contributed by atoms with Crippen LogP contribution in [0.25, 0.3) is 0 Å². The summed E-state index contributed by atoms with van der Waals surface area (Å²) >= 11 is 5.88. The van der Waals surface area contributed by atoms with Crippen molar-refractivity contribution in [1.82, 2.24) is 10.2 Å². The van der Waals surface area contributed by atoms with Gasteiger partial charge in [0.15, 0.2) is 0 Å². The van der Waals surface area contributed by atoms with Gasteiger partial charge in [-0.3, -0.25) is 20.2 Å². The summed E-state index contributed by atoms with van der Waals surface area (Å²) in [5.74, 6) is 0.106. The van der Waals surface area contributed by atoms with Gasteiger partial charge in [0.25, 0.3) is 11.6 Å². The number of carbonyl (C=O) groups excluding carboxylic acids is 1. The first-order chi connectivity index (χ1) is 10.0. The number of nitro groups is 1. The Kier molecular flexibility index (Phi) is 3.30. The number of anilines is 1. The van der Waals surface area contributed by atoms with Crippen LogP contribution in [0.4, 0.5) is 11.7 Å². The van der Waals surface area contributed by atoms with Crippen molar-refractivity contribution in [3.63, 3.8) is 0 Å². The first-order valence-electron chi connectivity index (χ1n) is 6.13. The number of hydrogen-bond acceptors (Lipinski definition) is 6. The van der Waals surface area contributed by atoms with E-state index in [4.69, 9.17) is 16.0 Å². The maximum atomic E-state index is 12.1. The highest BCUT2D eigenvalue weighted by Crippen LogP contribution is 2.39. The van der Waals surface area contributed by atoms with Crippen LogP contribution in [0.5, 0.6) is 0 Å². The zero-order valence-corrected chi connectivity index (χ0v) is 11.3. The van der Waals surface area contributed by atoms with Gasteiger partial charge in [0.05, 0.1) is 15.5 Å². The smallest absolute Gasteiger partial charge is 0.322 e. The second kappa shape index (κ2) is 5.13. The number of rotatable bonds is 4. The highest BCUT2D eigenvalue weighted by molar-refractivity contribution is 6.34. The predicted molar refractivity (Wildman–Crippen MR) is 72.3 cm³/mol. The number of carbonyl (C=O) groups is 1. The molecule has 0 unspecified atom stereocenters. The largest absolute Gasteiger partial charge is 0.408 e. The van der Waals surface area contributed by atoms with Gasteiger partial charge < -0.3 is 4.42 Å². The SMILES string of the molecule is O=C(Nc1nnc(C2CC2)o1)c1cc([N+](=O)[O-])ccc1Cl. The van der Waals surface area contributed by atoms with E-state index in [0.717, 1.165) is 18.9 Å². The number of nitrogens with one attached hydrogen (secondary N) is 1. The number of hydrogen-bond donors (Lipinski definition) is 1. The molecule has 0 radical (unpaired) electrons. The molecular weight excluding hydrogens is 300 g/mol. The molecule has 2 aromatic rings. The number of non-ortho nitro benzene ring substituents is 1. The third kappa shape index (κ3) is 2.84. The molecule has 1 aromatic heterocycles. The Hall–Kier alpha value is -2.48. The molecule has 1 aliphatic rings. The minimum absolute atomic E-state index is 0.0305. The third-order valence-corrected chi connectivity index (χ3v) is 3.32. The Balaban J connectivity index is 1.80.